The Labute approximate surface area is 134 Å². The molecule has 2 aliphatic heterocycles. The van der Waals surface area contributed by atoms with Crippen LogP contribution in [0.15, 0.2) is 22.7 Å². The lowest BCUT2D eigenvalue weighted by molar-refractivity contribution is -0.128. The van der Waals surface area contributed by atoms with Crippen molar-refractivity contribution in [2.75, 3.05) is 26.7 Å². The van der Waals surface area contributed by atoms with E-state index in [1.165, 1.54) is 0 Å². The largest absolute Gasteiger partial charge is 0.496 e. The quantitative estimate of drug-likeness (QED) is 0.908. The Bertz CT molecular complexity index is 541. The predicted octanol–water partition coefficient (Wildman–Crippen LogP) is 2.56. The second-order valence-electron chi connectivity index (χ2n) is 6.13. The van der Waals surface area contributed by atoms with Gasteiger partial charge in [-0.1, -0.05) is 15.9 Å². The second kappa shape index (κ2) is 5.97. The number of nitrogens with one attached hydrogen (secondary N) is 1. The molecule has 0 saturated carbocycles. The zero-order valence-electron chi connectivity index (χ0n) is 12.3. The Morgan fingerprint density at radius 1 is 1.38 bits per heavy atom. The first-order valence-corrected chi connectivity index (χ1v) is 8.22. The standard InChI is InChI=1S/C16H21BrN2O2/c1-21-14-3-2-13(17)8-12(14)10-19-11-16(9-15(19)20)4-6-18-7-5-16/h2-3,8,18H,4-7,9-11H2,1H3. The zero-order valence-corrected chi connectivity index (χ0v) is 13.9. The van der Waals surface area contributed by atoms with Gasteiger partial charge in [0.1, 0.15) is 5.75 Å². The molecular weight excluding hydrogens is 332 g/mol. The molecule has 2 aliphatic rings. The fraction of sp³-hybridized carbons (Fsp3) is 0.562. The van der Waals surface area contributed by atoms with E-state index in [2.05, 4.69) is 21.2 Å². The lowest BCUT2D eigenvalue weighted by Gasteiger charge is -2.33. The molecule has 2 saturated heterocycles. The summed E-state index contributed by atoms with van der Waals surface area (Å²) in [4.78, 5) is 14.4. The minimum Gasteiger partial charge on any atom is -0.496 e. The maximum atomic E-state index is 12.4. The van der Waals surface area contributed by atoms with Gasteiger partial charge < -0.3 is 15.0 Å². The van der Waals surface area contributed by atoms with E-state index in [0.29, 0.717) is 13.0 Å². The van der Waals surface area contributed by atoms with Crippen LogP contribution < -0.4 is 10.1 Å². The average molecular weight is 353 g/mol. The van der Waals surface area contributed by atoms with Gasteiger partial charge >= 0.3 is 0 Å². The van der Waals surface area contributed by atoms with Gasteiger partial charge in [0, 0.05) is 29.5 Å². The van der Waals surface area contributed by atoms with E-state index < -0.39 is 0 Å². The smallest absolute Gasteiger partial charge is 0.223 e. The number of halogens is 1. The second-order valence-corrected chi connectivity index (χ2v) is 7.05. The van der Waals surface area contributed by atoms with Gasteiger partial charge in [0.25, 0.3) is 0 Å². The summed E-state index contributed by atoms with van der Waals surface area (Å²) in [6, 6.07) is 5.95. The highest BCUT2D eigenvalue weighted by Crippen LogP contribution is 2.40. The van der Waals surface area contributed by atoms with Gasteiger partial charge in [-0.25, -0.2) is 0 Å². The van der Waals surface area contributed by atoms with Crippen LogP contribution in [0.25, 0.3) is 0 Å². The number of likely N-dealkylation sites (tertiary alicyclic amines) is 1. The van der Waals surface area contributed by atoms with Gasteiger partial charge in [0.05, 0.1) is 7.11 Å². The first-order chi connectivity index (χ1) is 10.1. The van der Waals surface area contributed by atoms with E-state index in [0.717, 1.165) is 48.3 Å². The minimum absolute atomic E-state index is 0.196. The predicted molar refractivity (Wildman–Crippen MR) is 85.3 cm³/mol. The monoisotopic (exact) mass is 352 g/mol. The molecule has 0 aliphatic carbocycles. The third kappa shape index (κ3) is 3.09. The Kier molecular flexibility index (Phi) is 4.22. The lowest BCUT2D eigenvalue weighted by Crippen LogP contribution is -2.38. The van der Waals surface area contributed by atoms with Gasteiger partial charge in [-0.3, -0.25) is 4.79 Å². The minimum atomic E-state index is 0.196. The summed E-state index contributed by atoms with van der Waals surface area (Å²) < 4.78 is 6.43. The van der Waals surface area contributed by atoms with Gasteiger partial charge in [0.2, 0.25) is 5.91 Å². The SMILES string of the molecule is COc1ccc(Br)cc1CN1CC2(CCNCC2)CC1=O. The molecule has 1 N–H and O–H groups in total. The molecule has 0 atom stereocenters. The number of ether oxygens (including phenoxy) is 1. The highest BCUT2D eigenvalue weighted by atomic mass is 79.9. The Balaban J connectivity index is 1.76. The molecule has 1 amide bonds. The molecule has 5 heteroatoms. The Hall–Kier alpha value is -1.07. The van der Waals surface area contributed by atoms with Crippen LogP contribution in [0.4, 0.5) is 0 Å². The Morgan fingerprint density at radius 2 is 2.14 bits per heavy atom. The van der Waals surface area contributed by atoms with Crippen molar-refractivity contribution in [1.29, 1.82) is 0 Å². The molecule has 0 aromatic heterocycles. The van der Waals surface area contributed by atoms with Crippen molar-refractivity contribution in [3.8, 4) is 5.75 Å². The molecule has 2 fully saturated rings. The molecule has 114 valence electrons. The Morgan fingerprint density at radius 3 is 2.86 bits per heavy atom. The number of piperidine rings is 1. The highest BCUT2D eigenvalue weighted by molar-refractivity contribution is 9.10. The van der Waals surface area contributed by atoms with Crippen LogP contribution in [-0.2, 0) is 11.3 Å². The summed E-state index contributed by atoms with van der Waals surface area (Å²) in [6.07, 6.45) is 2.90. The van der Waals surface area contributed by atoms with Gasteiger partial charge in [-0.05, 0) is 49.5 Å². The van der Waals surface area contributed by atoms with Gasteiger partial charge in [-0.2, -0.15) is 0 Å². The van der Waals surface area contributed by atoms with E-state index in [9.17, 15) is 4.79 Å². The fourth-order valence-electron chi connectivity index (χ4n) is 3.49. The van der Waals surface area contributed by atoms with Crippen LogP contribution in [-0.4, -0.2) is 37.6 Å². The highest BCUT2D eigenvalue weighted by Gasteiger charge is 2.43. The summed E-state index contributed by atoms with van der Waals surface area (Å²) in [5.74, 6) is 1.12. The first kappa shape index (κ1) is 14.9. The maximum absolute atomic E-state index is 12.4. The molecule has 0 unspecified atom stereocenters. The van der Waals surface area contributed by atoms with Crippen LogP contribution in [0.3, 0.4) is 0 Å². The number of nitrogens with zero attached hydrogens (tertiary/aromatic N) is 1. The summed E-state index contributed by atoms with van der Waals surface area (Å²) in [6.45, 7) is 3.57. The fourth-order valence-corrected chi connectivity index (χ4v) is 3.90. The number of rotatable bonds is 3. The number of hydrogen-bond acceptors (Lipinski definition) is 3. The van der Waals surface area contributed by atoms with Crippen molar-refractivity contribution in [2.24, 2.45) is 5.41 Å². The van der Waals surface area contributed by atoms with Crippen molar-refractivity contribution in [3.05, 3.63) is 28.2 Å². The first-order valence-electron chi connectivity index (χ1n) is 7.43. The molecule has 2 heterocycles. The van der Waals surface area contributed by atoms with E-state index in [4.69, 9.17) is 4.74 Å². The lowest BCUT2D eigenvalue weighted by atomic mass is 9.78. The van der Waals surface area contributed by atoms with Crippen LogP contribution in [0.2, 0.25) is 0 Å². The summed E-state index contributed by atoms with van der Waals surface area (Å²) >= 11 is 3.49. The molecule has 0 radical (unpaired) electrons. The summed E-state index contributed by atoms with van der Waals surface area (Å²) in [7, 11) is 1.67. The third-order valence-corrected chi connectivity index (χ3v) is 5.17. The van der Waals surface area contributed by atoms with Gasteiger partial charge in [0.15, 0.2) is 0 Å². The van der Waals surface area contributed by atoms with Crippen molar-refractivity contribution in [2.45, 2.75) is 25.8 Å². The van der Waals surface area contributed by atoms with Gasteiger partial charge in [-0.15, -0.1) is 0 Å². The number of carbonyl (C=O) groups is 1. The molecule has 0 bridgehead atoms. The number of carbonyl (C=O) groups excluding carboxylic acids is 1. The zero-order chi connectivity index (χ0) is 14.9. The average Bonchev–Trinajstić information content (AvgIpc) is 2.75. The van der Waals surface area contributed by atoms with Crippen LogP contribution in [0.1, 0.15) is 24.8 Å². The maximum Gasteiger partial charge on any atom is 0.223 e. The van der Waals surface area contributed by atoms with E-state index in [1.54, 1.807) is 7.11 Å². The van der Waals surface area contributed by atoms with Crippen molar-refractivity contribution < 1.29 is 9.53 Å². The topological polar surface area (TPSA) is 41.6 Å². The molecule has 1 aromatic rings. The van der Waals surface area contributed by atoms with E-state index >= 15 is 0 Å². The number of methoxy groups -OCH3 is 1. The van der Waals surface area contributed by atoms with Crippen molar-refractivity contribution >= 4 is 21.8 Å². The normalized spacial score (nSPS) is 21.0. The van der Waals surface area contributed by atoms with Crippen LogP contribution in [0, 0.1) is 5.41 Å². The molecular formula is C16H21BrN2O2. The van der Waals surface area contributed by atoms with Crippen LogP contribution >= 0.6 is 15.9 Å². The van der Waals surface area contributed by atoms with E-state index in [1.807, 2.05) is 23.1 Å². The molecule has 1 aromatic carbocycles. The van der Waals surface area contributed by atoms with Crippen molar-refractivity contribution in [1.82, 2.24) is 10.2 Å². The third-order valence-electron chi connectivity index (χ3n) is 4.67. The number of benzene rings is 1. The number of amides is 1. The molecule has 4 nitrogen and oxygen atoms in total. The van der Waals surface area contributed by atoms with Crippen molar-refractivity contribution in [3.63, 3.8) is 0 Å². The molecule has 21 heavy (non-hydrogen) atoms. The van der Waals surface area contributed by atoms with E-state index in [-0.39, 0.29) is 11.3 Å². The summed E-state index contributed by atoms with van der Waals surface area (Å²) in [5.41, 5.74) is 1.26. The molecule has 1 spiro atoms. The number of hydrogen-bond donors (Lipinski definition) is 1. The molecule has 3 rings (SSSR count). The van der Waals surface area contributed by atoms with Crippen LogP contribution in [0.5, 0.6) is 5.75 Å². The summed E-state index contributed by atoms with van der Waals surface area (Å²) in [5, 5.41) is 3.38.